The summed E-state index contributed by atoms with van der Waals surface area (Å²) >= 11 is 0. The first-order valence-corrected chi connectivity index (χ1v) is 6.76. The van der Waals surface area contributed by atoms with Crippen LogP contribution in [0.2, 0.25) is 0 Å². The first kappa shape index (κ1) is 15.7. The SMILES string of the molecule is CC(CCN(C)C)NCC(=O)NCc1ccccc1. The molecule has 1 aromatic rings. The predicted molar refractivity (Wildman–Crippen MR) is 78.9 cm³/mol. The van der Waals surface area contributed by atoms with Gasteiger partial charge in [-0.15, -0.1) is 0 Å². The fourth-order valence-electron chi connectivity index (χ4n) is 1.68. The Balaban J connectivity index is 2.14. The van der Waals surface area contributed by atoms with Gasteiger partial charge in [-0.25, -0.2) is 0 Å². The Hall–Kier alpha value is -1.39. The van der Waals surface area contributed by atoms with Crippen LogP contribution in [0.25, 0.3) is 0 Å². The molecule has 4 heteroatoms. The summed E-state index contributed by atoms with van der Waals surface area (Å²) in [4.78, 5) is 13.8. The highest BCUT2D eigenvalue weighted by Gasteiger charge is 2.05. The molecule has 0 radical (unpaired) electrons. The molecule has 0 aliphatic heterocycles. The number of carbonyl (C=O) groups is 1. The molecule has 1 atom stereocenters. The minimum absolute atomic E-state index is 0.0422. The van der Waals surface area contributed by atoms with Gasteiger partial charge in [-0.05, 0) is 39.5 Å². The van der Waals surface area contributed by atoms with E-state index in [9.17, 15) is 4.79 Å². The van der Waals surface area contributed by atoms with E-state index in [2.05, 4.69) is 36.6 Å². The standard InChI is InChI=1S/C15H25N3O/c1-13(9-10-18(2)3)16-12-15(19)17-11-14-7-5-4-6-8-14/h4-8,13,16H,9-12H2,1-3H3,(H,17,19). The first-order chi connectivity index (χ1) is 9.08. The molecule has 1 amide bonds. The van der Waals surface area contributed by atoms with Gasteiger partial charge >= 0.3 is 0 Å². The smallest absolute Gasteiger partial charge is 0.234 e. The number of carbonyl (C=O) groups excluding carboxylic acids is 1. The van der Waals surface area contributed by atoms with Crippen LogP contribution in [-0.4, -0.2) is 44.0 Å². The molecule has 0 saturated carbocycles. The van der Waals surface area contributed by atoms with Crippen LogP contribution in [0.5, 0.6) is 0 Å². The lowest BCUT2D eigenvalue weighted by molar-refractivity contribution is -0.120. The van der Waals surface area contributed by atoms with Gasteiger partial charge in [-0.1, -0.05) is 30.3 Å². The van der Waals surface area contributed by atoms with Crippen LogP contribution < -0.4 is 10.6 Å². The van der Waals surface area contributed by atoms with Gasteiger partial charge in [0.1, 0.15) is 0 Å². The summed E-state index contributed by atoms with van der Waals surface area (Å²) in [5.41, 5.74) is 1.12. The van der Waals surface area contributed by atoms with Gasteiger partial charge < -0.3 is 15.5 Å². The normalized spacial score (nSPS) is 12.4. The molecule has 19 heavy (non-hydrogen) atoms. The van der Waals surface area contributed by atoms with Gasteiger partial charge in [0, 0.05) is 12.6 Å². The van der Waals surface area contributed by atoms with Crippen LogP contribution >= 0.6 is 0 Å². The Kier molecular flexibility index (Phi) is 7.15. The lowest BCUT2D eigenvalue weighted by Crippen LogP contribution is -2.38. The number of amides is 1. The third-order valence-electron chi connectivity index (χ3n) is 2.95. The van der Waals surface area contributed by atoms with Crippen molar-refractivity contribution >= 4 is 5.91 Å². The number of hydrogen-bond donors (Lipinski definition) is 2. The molecule has 4 nitrogen and oxygen atoms in total. The number of rotatable bonds is 8. The fraction of sp³-hybridized carbons (Fsp3) is 0.533. The van der Waals surface area contributed by atoms with E-state index in [1.165, 1.54) is 0 Å². The number of hydrogen-bond acceptors (Lipinski definition) is 3. The zero-order chi connectivity index (χ0) is 14.1. The maximum atomic E-state index is 11.7. The van der Waals surface area contributed by atoms with Crippen LogP contribution in [-0.2, 0) is 11.3 Å². The molecule has 0 fully saturated rings. The molecule has 1 aromatic carbocycles. The monoisotopic (exact) mass is 263 g/mol. The second-order valence-corrected chi connectivity index (χ2v) is 5.14. The maximum Gasteiger partial charge on any atom is 0.234 e. The molecule has 1 unspecified atom stereocenters. The van der Waals surface area contributed by atoms with E-state index in [0.29, 0.717) is 19.1 Å². The van der Waals surface area contributed by atoms with Gasteiger partial charge in [0.25, 0.3) is 0 Å². The minimum Gasteiger partial charge on any atom is -0.351 e. The zero-order valence-electron chi connectivity index (χ0n) is 12.1. The average molecular weight is 263 g/mol. The molecule has 0 aliphatic rings. The number of benzene rings is 1. The summed E-state index contributed by atoms with van der Waals surface area (Å²) in [7, 11) is 4.11. The van der Waals surface area contributed by atoms with Crippen molar-refractivity contribution in [2.45, 2.75) is 25.9 Å². The Labute approximate surface area is 116 Å². The van der Waals surface area contributed by atoms with Crippen LogP contribution in [0, 0.1) is 0 Å². The summed E-state index contributed by atoms with van der Waals surface area (Å²) in [6.07, 6.45) is 1.04. The maximum absolute atomic E-state index is 11.7. The summed E-state index contributed by atoms with van der Waals surface area (Å²) in [5, 5.41) is 6.14. The van der Waals surface area contributed by atoms with Gasteiger partial charge in [0.05, 0.1) is 6.54 Å². The predicted octanol–water partition coefficient (Wildman–Crippen LogP) is 1.23. The topological polar surface area (TPSA) is 44.4 Å². The summed E-state index contributed by atoms with van der Waals surface area (Å²) in [6, 6.07) is 10.3. The van der Waals surface area contributed by atoms with E-state index in [1.807, 2.05) is 30.3 Å². The quantitative estimate of drug-likeness (QED) is 0.741. The number of nitrogens with zero attached hydrogens (tertiary/aromatic N) is 1. The van der Waals surface area contributed by atoms with Crippen molar-refractivity contribution in [2.24, 2.45) is 0 Å². The average Bonchev–Trinajstić information content (AvgIpc) is 2.41. The van der Waals surface area contributed by atoms with Crippen LogP contribution in [0.15, 0.2) is 30.3 Å². The molecule has 106 valence electrons. The highest BCUT2D eigenvalue weighted by molar-refractivity contribution is 5.77. The molecule has 0 saturated heterocycles. The number of nitrogens with one attached hydrogen (secondary N) is 2. The molecule has 0 spiro atoms. The van der Waals surface area contributed by atoms with Crippen molar-refractivity contribution in [3.05, 3.63) is 35.9 Å². The van der Waals surface area contributed by atoms with Crippen molar-refractivity contribution in [2.75, 3.05) is 27.2 Å². The third-order valence-corrected chi connectivity index (χ3v) is 2.95. The molecular formula is C15H25N3O. The second kappa shape index (κ2) is 8.67. The molecule has 0 heterocycles. The first-order valence-electron chi connectivity index (χ1n) is 6.76. The molecule has 1 rings (SSSR count). The van der Waals surface area contributed by atoms with E-state index >= 15 is 0 Å². The lowest BCUT2D eigenvalue weighted by Gasteiger charge is -2.16. The van der Waals surface area contributed by atoms with Gasteiger partial charge in [0.15, 0.2) is 0 Å². The van der Waals surface area contributed by atoms with E-state index in [4.69, 9.17) is 0 Å². The van der Waals surface area contributed by atoms with Crippen molar-refractivity contribution in [1.82, 2.24) is 15.5 Å². The van der Waals surface area contributed by atoms with Gasteiger partial charge in [0.2, 0.25) is 5.91 Å². The van der Waals surface area contributed by atoms with E-state index in [1.54, 1.807) is 0 Å². The van der Waals surface area contributed by atoms with Crippen molar-refractivity contribution in [3.63, 3.8) is 0 Å². The van der Waals surface area contributed by atoms with Crippen LogP contribution in [0.3, 0.4) is 0 Å². The van der Waals surface area contributed by atoms with E-state index in [0.717, 1.165) is 18.5 Å². The van der Waals surface area contributed by atoms with Crippen LogP contribution in [0.4, 0.5) is 0 Å². The Bertz CT molecular complexity index is 365. The van der Waals surface area contributed by atoms with Crippen LogP contribution in [0.1, 0.15) is 18.9 Å². The van der Waals surface area contributed by atoms with Gasteiger partial charge in [-0.2, -0.15) is 0 Å². The minimum atomic E-state index is 0.0422. The summed E-state index contributed by atoms with van der Waals surface area (Å²) < 4.78 is 0. The molecule has 0 aromatic heterocycles. The second-order valence-electron chi connectivity index (χ2n) is 5.14. The summed E-state index contributed by atoms with van der Waals surface area (Å²) in [5.74, 6) is 0.0422. The molecule has 0 bridgehead atoms. The zero-order valence-corrected chi connectivity index (χ0v) is 12.1. The Morgan fingerprint density at radius 1 is 1.26 bits per heavy atom. The lowest BCUT2D eigenvalue weighted by atomic mass is 10.2. The van der Waals surface area contributed by atoms with Gasteiger partial charge in [-0.3, -0.25) is 4.79 Å². The third kappa shape index (κ3) is 7.59. The fourth-order valence-corrected chi connectivity index (χ4v) is 1.68. The van der Waals surface area contributed by atoms with Crippen molar-refractivity contribution in [1.29, 1.82) is 0 Å². The Morgan fingerprint density at radius 2 is 1.95 bits per heavy atom. The van der Waals surface area contributed by atoms with Crippen molar-refractivity contribution in [3.8, 4) is 0 Å². The molecular weight excluding hydrogens is 238 g/mol. The van der Waals surface area contributed by atoms with E-state index < -0.39 is 0 Å². The summed E-state index contributed by atoms with van der Waals surface area (Å²) in [6.45, 7) is 4.10. The Morgan fingerprint density at radius 3 is 2.58 bits per heavy atom. The largest absolute Gasteiger partial charge is 0.351 e. The highest BCUT2D eigenvalue weighted by atomic mass is 16.1. The molecule has 0 aliphatic carbocycles. The molecule has 2 N–H and O–H groups in total. The van der Waals surface area contributed by atoms with Crippen molar-refractivity contribution < 1.29 is 4.79 Å². The highest BCUT2D eigenvalue weighted by Crippen LogP contribution is 1.97. The van der Waals surface area contributed by atoms with E-state index in [-0.39, 0.29) is 5.91 Å².